The average molecular weight is 233 g/mol. The van der Waals surface area contributed by atoms with E-state index in [2.05, 4.69) is 35.6 Å². The molecule has 1 saturated heterocycles. The summed E-state index contributed by atoms with van der Waals surface area (Å²) in [6.45, 7) is 2.64. The number of rotatable bonds is 6. The van der Waals surface area contributed by atoms with Crippen molar-refractivity contribution in [1.82, 2.24) is 5.32 Å². The Morgan fingerprint density at radius 1 is 1.24 bits per heavy atom. The molecule has 2 unspecified atom stereocenters. The molecular weight excluding hydrogens is 210 g/mol. The first-order chi connectivity index (χ1) is 8.42. The van der Waals surface area contributed by atoms with Crippen molar-refractivity contribution >= 4 is 0 Å². The molecule has 2 atom stereocenters. The molecule has 0 amide bonds. The number of aliphatic hydroxyl groups is 1. The Kier molecular flexibility index (Phi) is 5.02. The zero-order valence-corrected chi connectivity index (χ0v) is 10.4. The Balaban J connectivity index is 2.01. The SMILES string of the molecule is OCCCCC(c1ccccc1)C1CCNC1. The number of nitrogens with one attached hydrogen (secondary N) is 1. The first kappa shape index (κ1) is 12.6. The second-order valence-electron chi connectivity index (χ2n) is 4.99. The molecule has 2 rings (SSSR count). The standard InChI is InChI=1S/C15H23NO/c17-11-5-4-8-15(14-9-10-16-12-14)13-6-2-1-3-7-13/h1-3,6-7,14-17H,4-5,8-12H2. The predicted molar refractivity (Wildman–Crippen MR) is 71.1 cm³/mol. The van der Waals surface area contributed by atoms with Gasteiger partial charge in [0.2, 0.25) is 0 Å². The molecule has 0 aromatic heterocycles. The highest BCUT2D eigenvalue weighted by atomic mass is 16.2. The molecule has 1 aliphatic heterocycles. The third-order valence-electron chi connectivity index (χ3n) is 3.82. The smallest absolute Gasteiger partial charge is 0.0431 e. The number of benzene rings is 1. The van der Waals surface area contributed by atoms with E-state index >= 15 is 0 Å². The summed E-state index contributed by atoms with van der Waals surface area (Å²) in [5.74, 6) is 1.44. The number of aliphatic hydroxyl groups excluding tert-OH is 1. The van der Waals surface area contributed by atoms with Crippen LogP contribution in [0.5, 0.6) is 0 Å². The summed E-state index contributed by atoms with van der Waals surface area (Å²) in [7, 11) is 0. The van der Waals surface area contributed by atoms with Crippen LogP contribution in [0.1, 0.15) is 37.2 Å². The minimum Gasteiger partial charge on any atom is -0.396 e. The van der Waals surface area contributed by atoms with E-state index in [-0.39, 0.29) is 0 Å². The molecule has 94 valence electrons. The maximum absolute atomic E-state index is 8.90. The van der Waals surface area contributed by atoms with Crippen LogP contribution in [0.2, 0.25) is 0 Å². The molecule has 1 aromatic carbocycles. The van der Waals surface area contributed by atoms with Crippen LogP contribution in [0.25, 0.3) is 0 Å². The molecule has 1 heterocycles. The van der Waals surface area contributed by atoms with E-state index in [1.54, 1.807) is 0 Å². The first-order valence-electron chi connectivity index (χ1n) is 6.78. The molecule has 2 nitrogen and oxygen atoms in total. The van der Waals surface area contributed by atoms with Gasteiger partial charge < -0.3 is 10.4 Å². The lowest BCUT2D eigenvalue weighted by Crippen LogP contribution is -2.16. The van der Waals surface area contributed by atoms with Crippen molar-refractivity contribution in [2.75, 3.05) is 19.7 Å². The van der Waals surface area contributed by atoms with E-state index in [1.807, 2.05) is 0 Å². The van der Waals surface area contributed by atoms with Gasteiger partial charge in [-0.05, 0) is 49.8 Å². The van der Waals surface area contributed by atoms with Crippen LogP contribution in [-0.4, -0.2) is 24.8 Å². The number of hydrogen-bond donors (Lipinski definition) is 2. The van der Waals surface area contributed by atoms with Gasteiger partial charge in [0, 0.05) is 6.61 Å². The fraction of sp³-hybridized carbons (Fsp3) is 0.600. The van der Waals surface area contributed by atoms with Gasteiger partial charge in [-0.25, -0.2) is 0 Å². The maximum Gasteiger partial charge on any atom is 0.0431 e. The lowest BCUT2D eigenvalue weighted by molar-refractivity contribution is 0.277. The molecular formula is C15H23NO. The van der Waals surface area contributed by atoms with Crippen LogP contribution in [0, 0.1) is 5.92 Å². The molecule has 1 aromatic rings. The van der Waals surface area contributed by atoms with Crippen LogP contribution < -0.4 is 5.32 Å². The quantitative estimate of drug-likeness (QED) is 0.740. The zero-order chi connectivity index (χ0) is 11.9. The lowest BCUT2D eigenvalue weighted by Gasteiger charge is -2.23. The average Bonchev–Trinajstić information content (AvgIpc) is 2.89. The highest BCUT2D eigenvalue weighted by Gasteiger charge is 2.25. The van der Waals surface area contributed by atoms with Crippen LogP contribution in [0.3, 0.4) is 0 Å². The van der Waals surface area contributed by atoms with Gasteiger partial charge in [0.05, 0.1) is 0 Å². The molecule has 0 aliphatic carbocycles. The predicted octanol–water partition coefficient (Wildman–Crippen LogP) is 2.54. The van der Waals surface area contributed by atoms with Crippen molar-refractivity contribution in [3.8, 4) is 0 Å². The Bertz CT molecular complexity index is 306. The summed E-state index contributed by atoms with van der Waals surface area (Å²) in [6, 6.07) is 10.9. The second kappa shape index (κ2) is 6.77. The van der Waals surface area contributed by atoms with E-state index in [0.29, 0.717) is 12.5 Å². The Morgan fingerprint density at radius 2 is 2.06 bits per heavy atom. The van der Waals surface area contributed by atoms with Crippen LogP contribution in [0.15, 0.2) is 30.3 Å². The summed E-state index contributed by atoms with van der Waals surface area (Å²) < 4.78 is 0. The number of hydrogen-bond acceptors (Lipinski definition) is 2. The van der Waals surface area contributed by atoms with Gasteiger partial charge in [0.15, 0.2) is 0 Å². The van der Waals surface area contributed by atoms with Crippen LogP contribution >= 0.6 is 0 Å². The summed E-state index contributed by atoms with van der Waals surface area (Å²) >= 11 is 0. The van der Waals surface area contributed by atoms with Crippen molar-refractivity contribution < 1.29 is 5.11 Å². The van der Waals surface area contributed by atoms with E-state index < -0.39 is 0 Å². The van der Waals surface area contributed by atoms with Crippen molar-refractivity contribution in [3.63, 3.8) is 0 Å². The molecule has 0 bridgehead atoms. The summed E-state index contributed by atoms with van der Waals surface area (Å²) in [5, 5.41) is 12.4. The van der Waals surface area contributed by atoms with E-state index in [1.165, 1.54) is 18.4 Å². The monoisotopic (exact) mass is 233 g/mol. The summed E-state index contributed by atoms with van der Waals surface area (Å²) in [4.78, 5) is 0. The molecule has 2 heteroatoms. The van der Waals surface area contributed by atoms with Crippen molar-refractivity contribution in [3.05, 3.63) is 35.9 Å². The first-order valence-corrected chi connectivity index (χ1v) is 6.78. The minimum atomic E-state index is 0.324. The molecule has 0 saturated carbocycles. The molecule has 1 fully saturated rings. The molecule has 0 spiro atoms. The molecule has 17 heavy (non-hydrogen) atoms. The highest BCUT2D eigenvalue weighted by molar-refractivity contribution is 5.20. The van der Waals surface area contributed by atoms with Gasteiger partial charge in [0.1, 0.15) is 0 Å². The summed E-state index contributed by atoms with van der Waals surface area (Å²) in [6.07, 6.45) is 4.56. The topological polar surface area (TPSA) is 32.3 Å². The highest BCUT2D eigenvalue weighted by Crippen LogP contribution is 2.33. The van der Waals surface area contributed by atoms with Gasteiger partial charge in [-0.3, -0.25) is 0 Å². The Hall–Kier alpha value is -0.860. The largest absolute Gasteiger partial charge is 0.396 e. The van der Waals surface area contributed by atoms with Gasteiger partial charge in [-0.1, -0.05) is 36.8 Å². The third kappa shape index (κ3) is 3.55. The minimum absolute atomic E-state index is 0.324. The Morgan fingerprint density at radius 3 is 2.71 bits per heavy atom. The van der Waals surface area contributed by atoms with E-state index in [4.69, 9.17) is 5.11 Å². The zero-order valence-electron chi connectivity index (χ0n) is 10.4. The van der Waals surface area contributed by atoms with Gasteiger partial charge >= 0.3 is 0 Å². The van der Waals surface area contributed by atoms with Gasteiger partial charge in [0.25, 0.3) is 0 Å². The second-order valence-corrected chi connectivity index (χ2v) is 4.99. The lowest BCUT2D eigenvalue weighted by atomic mass is 9.82. The van der Waals surface area contributed by atoms with Gasteiger partial charge in [-0.2, -0.15) is 0 Å². The molecule has 1 aliphatic rings. The van der Waals surface area contributed by atoms with E-state index in [0.717, 1.165) is 31.8 Å². The maximum atomic E-state index is 8.90. The van der Waals surface area contributed by atoms with Gasteiger partial charge in [-0.15, -0.1) is 0 Å². The van der Waals surface area contributed by atoms with Crippen molar-refractivity contribution in [2.45, 2.75) is 31.6 Å². The Labute approximate surface area is 104 Å². The fourth-order valence-electron chi connectivity index (χ4n) is 2.87. The molecule has 2 N–H and O–H groups in total. The normalized spacial score (nSPS) is 21.6. The molecule has 0 radical (unpaired) electrons. The van der Waals surface area contributed by atoms with E-state index in [9.17, 15) is 0 Å². The third-order valence-corrected chi connectivity index (χ3v) is 3.82. The fourth-order valence-corrected chi connectivity index (χ4v) is 2.87. The number of unbranched alkanes of at least 4 members (excludes halogenated alkanes) is 1. The van der Waals surface area contributed by atoms with Crippen LogP contribution in [-0.2, 0) is 0 Å². The van der Waals surface area contributed by atoms with Crippen LogP contribution in [0.4, 0.5) is 0 Å². The van der Waals surface area contributed by atoms with Crippen molar-refractivity contribution in [2.24, 2.45) is 5.92 Å². The van der Waals surface area contributed by atoms with Crippen molar-refractivity contribution in [1.29, 1.82) is 0 Å². The summed E-state index contributed by atoms with van der Waals surface area (Å²) in [5.41, 5.74) is 1.47.